The Morgan fingerprint density at radius 2 is 2.00 bits per heavy atom. The number of likely N-dealkylation sites (tertiary alicyclic amines) is 1. The average molecular weight is 378 g/mol. The minimum absolute atomic E-state index is 0.0682. The molecule has 150 valence electrons. The molecule has 1 saturated carbocycles. The predicted molar refractivity (Wildman–Crippen MR) is 101 cm³/mol. The average Bonchev–Trinajstić information content (AvgIpc) is 3.28. The standard InChI is InChI=1S/C18H30N6O3/c1-19-17(20-8-10-24-15(25)11-21-18(24)27)22-14-7-9-23(12-14)16(26)13-5-3-2-4-6-13/h13-14H,2-12H2,1H3,(H,21,27)(H2,19,20,22). The van der Waals surface area contributed by atoms with E-state index in [0.29, 0.717) is 31.5 Å². The molecule has 0 radical (unpaired) electrons. The fraction of sp³-hybridized carbons (Fsp3) is 0.778. The van der Waals surface area contributed by atoms with Gasteiger partial charge in [0.05, 0.1) is 6.54 Å². The molecular weight excluding hydrogens is 348 g/mol. The zero-order valence-corrected chi connectivity index (χ0v) is 16.0. The van der Waals surface area contributed by atoms with Crippen LogP contribution >= 0.6 is 0 Å². The Kier molecular flexibility index (Phi) is 6.52. The van der Waals surface area contributed by atoms with E-state index in [4.69, 9.17) is 0 Å². The summed E-state index contributed by atoms with van der Waals surface area (Å²) in [5.41, 5.74) is 0. The topological polar surface area (TPSA) is 106 Å². The summed E-state index contributed by atoms with van der Waals surface area (Å²) in [7, 11) is 1.68. The van der Waals surface area contributed by atoms with Gasteiger partial charge in [-0.3, -0.25) is 19.5 Å². The molecule has 1 aliphatic carbocycles. The zero-order valence-electron chi connectivity index (χ0n) is 16.0. The van der Waals surface area contributed by atoms with Gasteiger partial charge in [-0.2, -0.15) is 0 Å². The molecule has 0 aromatic heterocycles. The molecule has 9 heteroatoms. The van der Waals surface area contributed by atoms with Crippen molar-refractivity contribution in [1.82, 2.24) is 25.8 Å². The molecule has 4 amide bonds. The first kappa shape index (κ1) is 19.4. The molecule has 3 aliphatic rings. The Bertz CT molecular complexity index is 586. The van der Waals surface area contributed by atoms with Gasteiger partial charge in [0.1, 0.15) is 0 Å². The van der Waals surface area contributed by atoms with Gasteiger partial charge in [0.25, 0.3) is 0 Å². The van der Waals surface area contributed by atoms with Gasteiger partial charge in [0.2, 0.25) is 11.8 Å². The minimum Gasteiger partial charge on any atom is -0.355 e. The Morgan fingerprint density at radius 3 is 2.67 bits per heavy atom. The number of hydrogen-bond donors (Lipinski definition) is 3. The molecule has 0 aromatic carbocycles. The molecule has 3 fully saturated rings. The summed E-state index contributed by atoms with van der Waals surface area (Å²) in [6.07, 6.45) is 6.53. The highest BCUT2D eigenvalue weighted by molar-refractivity contribution is 6.01. The molecule has 1 unspecified atom stereocenters. The highest BCUT2D eigenvalue weighted by Crippen LogP contribution is 2.26. The maximum atomic E-state index is 12.7. The summed E-state index contributed by atoms with van der Waals surface area (Å²) in [6, 6.07) is -0.183. The van der Waals surface area contributed by atoms with Gasteiger partial charge in [-0.05, 0) is 19.3 Å². The second-order valence-electron chi connectivity index (χ2n) is 7.45. The van der Waals surface area contributed by atoms with Gasteiger partial charge >= 0.3 is 6.03 Å². The molecule has 9 nitrogen and oxygen atoms in total. The number of imide groups is 1. The maximum absolute atomic E-state index is 12.7. The number of hydrogen-bond acceptors (Lipinski definition) is 4. The summed E-state index contributed by atoms with van der Waals surface area (Å²) >= 11 is 0. The second kappa shape index (κ2) is 9.05. The lowest BCUT2D eigenvalue weighted by molar-refractivity contribution is -0.135. The van der Waals surface area contributed by atoms with Gasteiger partial charge in [0, 0.05) is 45.2 Å². The van der Waals surface area contributed by atoms with Crippen LogP contribution < -0.4 is 16.0 Å². The van der Waals surface area contributed by atoms with Gasteiger partial charge in [0.15, 0.2) is 5.96 Å². The monoisotopic (exact) mass is 378 g/mol. The van der Waals surface area contributed by atoms with E-state index in [1.165, 1.54) is 24.2 Å². The van der Waals surface area contributed by atoms with Crippen molar-refractivity contribution in [3.63, 3.8) is 0 Å². The van der Waals surface area contributed by atoms with E-state index < -0.39 is 0 Å². The Labute approximate surface area is 159 Å². The molecular formula is C18H30N6O3. The number of carbonyl (C=O) groups excluding carboxylic acids is 3. The third kappa shape index (κ3) is 4.90. The molecule has 3 N–H and O–H groups in total. The molecule has 2 saturated heterocycles. The number of rotatable bonds is 5. The van der Waals surface area contributed by atoms with Crippen LogP contribution in [0.3, 0.4) is 0 Å². The highest BCUT2D eigenvalue weighted by atomic mass is 16.2. The van der Waals surface area contributed by atoms with E-state index in [9.17, 15) is 14.4 Å². The van der Waals surface area contributed by atoms with E-state index in [1.54, 1.807) is 7.05 Å². The predicted octanol–water partition coefficient (Wildman–Crippen LogP) is -0.116. The van der Waals surface area contributed by atoms with Crippen molar-refractivity contribution in [1.29, 1.82) is 0 Å². The summed E-state index contributed by atoms with van der Waals surface area (Å²) in [5.74, 6) is 0.927. The summed E-state index contributed by atoms with van der Waals surface area (Å²) in [6.45, 7) is 2.27. The third-order valence-corrected chi connectivity index (χ3v) is 5.58. The van der Waals surface area contributed by atoms with Crippen molar-refractivity contribution in [2.75, 3.05) is 39.8 Å². The smallest absolute Gasteiger partial charge is 0.324 e. The second-order valence-corrected chi connectivity index (χ2v) is 7.45. The molecule has 27 heavy (non-hydrogen) atoms. The van der Waals surface area contributed by atoms with Crippen molar-refractivity contribution < 1.29 is 14.4 Å². The van der Waals surface area contributed by atoms with Crippen LogP contribution in [-0.4, -0.2) is 79.4 Å². The third-order valence-electron chi connectivity index (χ3n) is 5.58. The van der Waals surface area contributed by atoms with Crippen LogP contribution in [0.2, 0.25) is 0 Å². The SMILES string of the molecule is CN=C(NCCN1C(=O)CNC1=O)NC1CCN(C(=O)C2CCCCC2)C1. The minimum atomic E-state index is -0.350. The highest BCUT2D eigenvalue weighted by Gasteiger charge is 2.32. The van der Waals surface area contributed by atoms with Crippen molar-refractivity contribution >= 4 is 23.8 Å². The van der Waals surface area contributed by atoms with E-state index in [2.05, 4.69) is 20.9 Å². The lowest BCUT2D eigenvalue weighted by Gasteiger charge is -2.26. The fourth-order valence-corrected chi connectivity index (χ4v) is 4.04. The van der Waals surface area contributed by atoms with Crippen LogP contribution in [-0.2, 0) is 9.59 Å². The maximum Gasteiger partial charge on any atom is 0.324 e. The number of nitrogens with zero attached hydrogens (tertiary/aromatic N) is 3. The molecule has 0 spiro atoms. The van der Waals surface area contributed by atoms with E-state index in [0.717, 1.165) is 25.8 Å². The fourth-order valence-electron chi connectivity index (χ4n) is 4.04. The molecule has 2 aliphatic heterocycles. The zero-order chi connectivity index (χ0) is 19.2. The number of nitrogens with one attached hydrogen (secondary N) is 3. The number of aliphatic imine (C=N–C) groups is 1. The summed E-state index contributed by atoms with van der Waals surface area (Å²) < 4.78 is 0. The first-order valence-corrected chi connectivity index (χ1v) is 9.92. The number of urea groups is 1. The Balaban J connectivity index is 1.40. The van der Waals surface area contributed by atoms with E-state index in [-0.39, 0.29) is 30.4 Å². The first-order valence-electron chi connectivity index (χ1n) is 9.92. The number of guanidine groups is 1. The molecule has 0 bridgehead atoms. The molecule has 0 aromatic rings. The van der Waals surface area contributed by atoms with Crippen LogP contribution in [0.5, 0.6) is 0 Å². The van der Waals surface area contributed by atoms with E-state index >= 15 is 0 Å². The summed E-state index contributed by atoms with van der Waals surface area (Å²) in [5, 5.41) is 8.97. The molecule has 3 rings (SSSR count). The van der Waals surface area contributed by atoms with Gasteiger partial charge in [-0.15, -0.1) is 0 Å². The summed E-state index contributed by atoms with van der Waals surface area (Å²) in [4.78, 5) is 43.1. The van der Waals surface area contributed by atoms with E-state index in [1.807, 2.05) is 4.90 Å². The lowest BCUT2D eigenvalue weighted by Crippen LogP contribution is -2.47. The van der Waals surface area contributed by atoms with Gasteiger partial charge < -0.3 is 20.9 Å². The van der Waals surface area contributed by atoms with Crippen LogP contribution in [0.25, 0.3) is 0 Å². The van der Waals surface area contributed by atoms with Crippen molar-refractivity contribution in [3.8, 4) is 0 Å². The Morgan fingerprint density at radius 1 is 1.22 bits per heavy atom. The lowest BCUT2D eigenvalue weighted by atomic mass is 9.88. The van der Waals surface area contributed by atoms with Gasteiger partial charge in [-0.25, -0.2) is 4.79 Å². The largest absolute Gasteiger partial charge is 0.355 e. The van der Waals surface area contributed by atoms with Crippen molar-refractivity contribution in [2.24, 2.45) is 10.9 Å². The first-order chi connectivity index (χ1) is 13.1. The van der Waals surface area contributed by atoms with Crippen molar-refractivity contribution in [3.05, 3.63) is 0 Å². The number of amides is 4. The van der Waals surface area contributed by atoms with Crippen LogP contribution in [0.15, 0.2) is 4.99 Å². The van der Waals surface area contributed by atoms with Crippen LogP contribution in [0.4, 0.5) is 4.79 Å². The van der Waals surface area contributed by atoms with Gasteiger partial charge in [-0.1, -0.05) is 19.3 Å². The quantitative estimate of drug-likeness (QED) is 0.351. The van der Waals surface area contributed by atoms with Crippen LogP contribution in [0, 0.1) is 5.92 Å². The normalized spacial score (nSPS) is 24.3. The molecule has 2 heterocycles. The van der Waals surface area contributed by atoms with Crippen molar-refractivity contribution in [2.45, 2.75) is 44.6 Å². The number of carbonyl (C=O) groups is 3. The van der Waals surface area contributed by atoms with Crippen LogP contribution in [0.1, 0.15) is 38.5 Å². The molecule has 1 atom stereocenters. The Hall–Kier alpha value is -2.32.